The van der Waals surface area contributed by atoms with E-state index >= 15 is 0 Å². The molecule has 0 saturated heterocycles. The molecular formula is C6H5Br2NO3. The summed E-state index contributed by atoms with van der Waals surface area (Å²) >= 11 is 6.04. The van der Waals surface area contributed by atoms with Crippen molar-refractivity contribution >= 4 is 37.8 Å². The summed E-state index contributed by atoms with van der Waals surface area (Å²) in [6, 6.07) is 0. The molecule has 0 atom stereocenters. The van der Waals surface area contributed by atoms with Gasteiger partial charge in [-0.05, 0) is 22.9 Å². The minimum absolute atomic E-state index is 0.0729. The maximum Gasteiger partial charge on any atom is 0.377 e. The van der Waals surface area contributed by atoms with Gasteiger partial charge in [0.1, 0.15) is 0 Å². The Morgan fingerprint density at radius 2 is 2.33 bits per heavy atom. The molecule has 1 aromatic heterocycles. The van der Waals surface area contributed by atoms with E-state index in [1.54, 1.807) is 6.92 Å². The van der Waals surface area contributed by atoms with E-state index in [0.717, 1.165) is 0 Å². The van der Waals surface area contributed by atoms with Crippen LogP contribution in [0.25, 0.3) is 0 Å². The zero-order valence-corrected chi connectivity index (χ0v) is 9.31. The van der Waals surface area contributed by atoms with Gasteiger partial charge in [-0.1, -0.05) is 0 Å². The maximum atomic E-state index is 11.1. The van der Waals surface area contributed by atoms with Crippen LogP contribution in [-0.4, -0.2) is 17.6 Å². The van der Waals surface area contributed by atoms with Crippen LogP contribution in [0.5, 0.6) is 0 Å². The van der Waals surface area contributed by atoms with E-state index in [9.17, 15) is 4.79 Å². The first-order valence-electron chi connectivity index (χ1n) is 3.14. The first kappa shape index (κ1) is 9.73. The van der Waals surface area contributed by atoms with E-state index in [4.69, 9.17) is 9.15 Å². The van der Waals surface area contributed by atoms with Crippen LogP contribution in [0.2, 0.25) is 0 Å². The summed E-state index contributed by atoms with van der Waals surface area (Å²) in [5.41, 5.74) is 0. The van der Waals surface area contributed by atoms with Crippen LogP contribution < -0.4 is 0 Å². The molecule has 66 valence electrons. The summed E-state index contributed by atoms with van der Waals surface area (Å²) < 4.78 is 9.95. The number of carbonyl (C=O) groups excluding carboxylic acids is 1. The Kier molecular flexibility index (Phi) is 3.28. The fourth-order valence-electron chi connectivity index (χ4n) is 0.600. The fourth-order valence-corrected chi connectivity index (χ4v) is 1.58. The second kappa shape index (κ2) is 4.04. The average molecular weight is 299 g/mol. The standard InChI is InChI=1S/C6H5Br2NO3/c1-2-11-5(10)3-4(7)9-6(8)12-3/h2H2,1H3. The quantitative estimate of drug-likeness (QED) is 0.787. The lowest BCUT2D eigenvalue weighted by molar-refractivity contribution is 0.0487. The molecule has 0 N–H and O–H groups in total. The number of esters is 1. The number of oxazole rings is 1. The highest BCUT2D eigenvalue weighted by atomic mass is 79.9. The second-order valence-electron chi connectivity index (χ2n) is 1.81. The van der Waals surface area contributed by atoms with Gasteiger partial charge in [0, 0.05) is 15.9 Å². The normalized spacial score (nSPS) is 9.92. The van der Waals surface area contributed by atoms with E-state index in [1.807, 2.05) is 0 Å². The summed E-state index contributed by atoms with van der Waals surface area (Å²) in [7, 11) is 0. The van der Waals surface area contributed by atoms with Crippen molar-refractivity contribution in [2.24, 2.45) is 0 Å². The number of hydrogen-bond acceptors (Lipinski definition) is 4. The number of ether oxygens (including phenoxy) is 1. The van der Waals surface area contributed by atoms with Gasteiger partial charge in [-0.15, -0.1) is 0 Å². The third-order valence-electron chi connectivity index (χ3n) is 1.02. The SMILES string of the molecule is CCOC(=O)c1oc(Br)nc1Br. The van der Waals surface area contributed by atoms with E-state index in [2.05, 4.69) is 36.8 Å². The predicted molar refractivity (Wildman–Crippen MR) is 47.9 cm³/mol. The zero-order valence-electron chi connectivity index (χ0n) is 6.13. The van der Waals surface area contributed by atoms with Gasteiger partial charge in [0.05, 0.1) is 6.61 Å². The smallest absolute Gasteiger partial charge is 0.377 e. The highest BCUT2D eigenvalue weighted by Crippen LogP contribution is 2.21. The molecule has 0 amide bonds. The van der Waals surface area contributed by atoms with Crippen LogP contribution in [0, 0.1) is 0 Å². The monoisotopic (exact) mass is 297 g/mol. The number of hydrogen-bond donors (Lipinski definition) is 0. The molecule has 0 bridgehead atoms. The van der Waals surface area contributed by atoms with Gasteiger partial charge in [-0.3, -0.25) is 0 Å². The van der Waals surface area contributed by atoms with Crippen LogP contribution in [0.1, 0.15) is 17.5 Å². The second-order valence-corrected chi connectivity index (χ2v) is 3.24. The van der Waals surface area contributed by atoms with Crippen molar-refractivity contribution in [3.05, 3.63) is 15.2 Å². The Hall–Kier alpha value is -0.360. The summed E-state index contributed by atoms with van der Waals surface area (Å²) in [6.45, 7) is 2.03. The molecule has 0 aliphatic rings. The molecule has 0 aliphatic carbocycles. The molecule has 0 fully saturated rings. The van der Waals surface area contributed by atoms with Crippen molar-refractivity contribution in [1.82, 2.24) is 4.98 Å². The van der Waals surface area contributed by atoms with E-state index in [0.29, 0.717) is 11.2 Å². The van der Waals surface area contributed by atoms with Gasteiger partial charge in [0.25, 0.3) is 4.80 Å². The van der Waals surface area contributed by atoms with Gasteiger partial charge in [-0.25, -0.2) is 4.79 Å². The molecule has 1 rings (SSSR count). The maximum absolute atomic E-state index is 11.1. The lowest BCUT2D eigenvalue weighted by Gasteiger charge is -1.95. The molecule has 0 saturated carbocycles. The van der Waals surface area contributed by atoms with E-state index in [1.165, 1.54) is 0 Å². The summed E-state index contributed by atoms with van der Waals surface area (Å²) in [5, 5.41) is 0. The fraction of sp³-hybridized carbons (Fsp3) is 0.333. The first-order valence-corrected chi connectivity index (χ1v) is 4.72. The Balaban J connectivity index is 2.87. The highest BCUT2D eigenvalue weighted by molar-refractivity contribution is 9.11. The third kappa shape index (κ3) is 2.07. The third-order valence-corrected chi connectivity index (χ3v) is 1.90. The van der Waals surface area contributed by atoms with Crippen LogP contribution in [0.3, 0.4) is 0 Å². The molecule has 6 heteroatoms. The van der Waals surface area contributed by atoms with Gasteiger partial charge < -0.3 is 9.15 Å². The molecule has 12 heavy (non-hydrogen) atoms. The largest absolute Gasteiger partial charge is 0.460 e. The summed E-state index contributed by atoms with van der Waals surface area (Å²) in [5.74, 6) is -0.453. The van der Waals surface area contributed by atoms with Gasteiger partial charge >= 0.3 is 5.97 Å². The number of nitrogens with zero attached hydrogens (tertiary/aromatic N) is 1. The van der Waals surface area contributed by atoms with Gasteiger partial charge in [0.2, 0.25) is 5.76 Å². The number of aromatic nitrogens is 1. The number of halogens is 2. The van der Waals surface area contributed by atoms with E-state index in [-0.39, 0.29) is 10.6 Å². The van der Waals surface area contributed by atoms with Gasteiger partial charge in [0.15, 0.2) is 4.60 Å². The lowest BCUT2D eigenvalue weighted by Crippen LogP contribution is -2.03. The molecule has 1 aromatic rings. The molecule has 1 heterocycles. The Bertz CT molecular complexity index is 297. The van der Waals surface area contributed by atoms with Crippen molar-refractivity contribution in [3.8, 4) is 0 Å². The minimum Gasteiger partial charge on any atom is -0.460 e. The Morgan fingerprint density at radius 3 is 2.75 bits per heavy atom. The topological polar surface area (TPSA) is 52.3 Å². The molecule has 0 radical (unpaired) electrons. The first-order chi connectivity index (χ1) is 5.65. The van der Waals surface area contributed by atoms with Crippen molar-refractivity contribution in [3.63, 3.8) is 0 Å². The van der Waals surface area contributed by atoms with Crippen molar-refractivity contribution < 1.29 is 13.9 Å². The van der Waals surface area contributed by atoms with Crippen LogP contribution in [0.15, 0.2) is 13.8 Å². The molecule has 0 aliphatic heterocycles. The summed E-state index contributed by atoms with van der Waals surface area (Å²) in [4.78, 5) is 15.1. The zero-order chi connectivity index (χ0) is 9.14. The lowest BCUT2D eigenvalue weighted by atomic mass is 10.5. The summed E-state index contributed by atoms with van der Waals surface area (Å²) in [6.07, 6.45) is 0. The van der Waals surface area contributed by atoms with Crippen LogP contribution in [0.4, 0.5) is 0 Å². The molecule has 0 unspecified atom stereocenters. The molecule has 4 nitrogen and oxygen atoms in total. The molecule has 0 spiro atoms. The van der Waals surface area contributed by atoms with Crippen LogP contribution >= 0.6 is 31.9 Å². The molecular weight excluding hydrogens is 294 g/mol. The number of carbonyl (C=O) groups is 1. The number of rotatable bonds is 2. The average Bonchev–Trinajstić information content (AvgIpc) is 2.30. The molecule has 0 aromatic carbocycles. The van der Waals surface area contributed by atoms with Crippen molar-refractivity contribution in [2.75, 3.05) is 6.61 Å². The van der Waals surface area contributed by atoms with E-state index < -0.39 is 5.97 Å². The Labute approximate surface area is 85.6 Å². The predicted octanol–water partition coefficient (Wildman–Crippen LogP) is 2.38. The Morgan fingerprint density at radius 1 is 1.67 bits per heavy atom. The van der Waals surface area contributed by atoms with Crippen molar-refractivity contribution in [1.29, 1.82) is 0 Å². The van der Waals surface area contributed by atoms with Gasteiger partial charge in [-0.2, -0.15) is 4.98 Å². The minimum atomic E-state index is -0.525. The van der Waals surface area contributed by atoms with Crippen molar-refractivity contribution in [2.45, 2.75) is 6.92 Å². The van der Waals surface area contributed by atoms with Crippen LogP contribution in [-0.2, 0) is 4.74 Å². The highest BCUT2D eigenvalue weighted by Gasteiger charge is 2.18.